The van der Waals surface area contributed by atoms with Gasteiger partial charge in [-0.05, 0) is 0 Å². The van der Waals surface area contributed by atoms with Gasteiger partial charge in [-0.3, -0.25) is 0 Å². The van der Waals surface area contributed by atoms with Crippen molar-refractivity contribution < 1.29 is 23.0 Å². The van der Waals surface area contributed by atoms with E-state index >= 15 is 0 Å². The molecule has 0 fully saturated rings. The smallest absolute Gasteiger partial charge is 0.430 e. The monoisotopic (exact) mass is 214 g/mol. The Kier molecular flexibility index (Phi) is 3.79. The van der Waals surface area contributed by atoms with Gasteiger partial charge in [-0.15, -0.1) is 0 Å². The van der Waals surface area contributed by atoms with E-state index in [0.29, 0.717) is 6.07 Å². The number of rotatable bonds is 3. The molecule has 1 rings (SSSR count). The molecule has 0 aliphatic carbocycles. The van der Waals surface area contributed by atoms with Crippen molar-refractivity contribution in [3.63, 3.8) is 0 Å². The maximum Gasteiger partial charge on any atom is 0.514 e. The normalized spacial score (nSPS) is 9.47. The Balaban J connectivity index is 2.63. The molecule has 0 heterocycles. The molecule has 3 nitrogen and oxygen atoms in total. The highest BCUT2D eigenvalue weighted by Gasteiger charge is 2.07. The summed E-state index contributed by atoms with van der Waals surface area (Å²) in [6, 6.07) is 2.42. The lowest BCUT2D eigenvalue weighted by atomic mass is 10.3. The molecule has 0 aliphatic rings. The van der Waals surface area contributed by atoms with Crippen LogP contribution < -0.4 is 4.74 Å². The van der Waals surface area contributed by atoms with Gasteiger partial charge < -0.3 is 9.47 Å². The Morgan fingerprint density at radius 2 is 1.93 bits per heavy atom. The third-order valence-electron chi connectivity index (χ3n) is 1.36. The molecule has 0 amide bonds. The van der Waals surface area contributed by atoms with E-state index in [1.54, 1.807) is 0 Å². The molecule has 0 bridgehead atoms. The topological polar surface area (TPSA) is 35.5 Å². The van der Waals surface area contributed by atoms with Crippen LogP contribution in [-0.4, -0.2) is 12.8 Å². The van der Waals surface area contributed by atoms with E-state index in [-0.39, 0.29) is 12.4 Å². The summed E-state index contributed by atoms with van der Waals surface area (Å²) in [7, 11) is 0. The fraction of sp³-hybridized carbons (Fsp3) is 0.100. The van der Waals surface area contributed by atoms with Gasteiger partial charge in [0.05, 0.1) is 0 Å². The lowest BCUT2D eigenvalue weighted by molar-refractivity contribution is 0.109. The van der Waals surface area contributed by atoms with E-state index in [1.165, 1.54) is 6.08 Å². The summed E-state index contributed by atoms with van der Waals surface area (Å²) < 4.78 is 34.2. The van der Waals surface area contributed by atoms with E-state index in [2.05, 4.69) is 16.1 Å². The van der Waals surface area contributed by atoms with Gasteiger partial charge in [0.15, 0.2) is 0 Å². The molecule has 0 atom stereocenters. The lowest BCUT2D eigenvalue weighted by Gasteiger charge is -2.03. The average Bonchev–Trinajstić information content (AvgIpc) is 2.13. The Bertz CT molecular complexity index is 357. The highest BCUT2D eigenvalue weighted by atomic mass is 19.1. The second-order valence-electron chi connectivity index (χ2n) is 2.56. The Hall–Kier alpha value is -1.91. The minimum absolute atomic E-state index is 0.0311. The Labute approximate surface area is 84.9 Å². The number of ether oxygens (including phenoxy) is 2. The first kappa shape index (κ1) is 11.2. The van der Waals surface area contributed by atoms with Crippen LogP contribution in [0.3, 0.4) is 0 Å². The molecule has 0 aliphatic heterocycles. The zero-order valence-corrected chi connectivity index (χ0v) is 7.70. The van der Waals surface area contributed by atoms with Crippen molar-refractivity contribution in [3.8, 4) is 5.75 Å². The highest BCUT2D eigenvalue weighted by Crippen LogP contribution is 2.15. The highest BCUT2D eigenvalue weighted by molar-refractivity contribution is 5.63. The number of hydrogen-bond donors (Lipinski definition) is 0. The molecule has 0 unspecified atom stereocenters. The van der Waals surface area contributed by atoms with Crippen molar-refractivity contribution in [2.75, 3.05) is 6.61 Å². The van der Waals surface area contributed by atoms with Crippen molar-refractivity contribution in [1.82, 2.24) is 0 Å². The molecule has 0 N–H and O–H groups in total. The third kappa shape index (κ3) is 3.76. The molecule has 0 saturated carbocycles. The van der Waals surface area contributed by atoms with Crippen LogP contribution >= 0.6 is 0 Å². The van der Waals surface area contributed by atoms with Gasteiger partial charge in [-0.2, -0.15) is 0 Å². The van der Waals surface area contributed by atoms with E-state index in [4.69, 9.17) is 0 Å². The molecular formula is C10H8F2O3. The predicted octanol–water partition coefficient (Wildman–Crippen LogP) is 2.67. The van der Waals surface area contributed by atoms with Gasteiger partial charge in [0.25, 0.3) is 0 Å². The zero-order valence-electron chi connectivity index (χ0n) is 7.70. The van der Waals surface area contributed by atoms with Crippen LogP contribution in [-0.2, 0) is 4.74 Å². The van der Waals surface area contributed by atoms with Crippen molar-refractivity contribution >= 4 is 6.16 Å². The van der Waals surface area contributed by atoms with Crippen LogP contribution in [0.4, 0.5) is 13.6 Å². The molecule has 1 aromatic rings. The SMILES string of the molecule is C=CCOC(=O)Oc1cc(F)cc(F)c1. The number of halogens is 2. The predicted molar refractivity (Wildman–Crippen MR) is 48.5 cm³/mol. The quantitative estimate of drug-likeness (QED) is 0.441. The van der Waals surface area contributed by atoms with Gasteiger partial charge >= 0.3 is 6.16 Å². The number of benzene rings is 1. The van der Waals surface area contributed by atoms with E-state index in [9.17, 15) is 13.6 Å². The van der Waals surface area contributed by atoms with Crippen molar-refractivity contribution in [2.24, 2.45) is 0 Å². The number of hydrogen-bond acceptors (Lipinski definition) is 3. The molecule has 1 aromatic carbocycles. The fourth-order valence-corrected chi connectivity index (χ4v) is 0.840. The minimum Gasteiger partial charge on any atom is -0.430 e. The number of carbonyl (C=O) groups is 1. The lowest BCUT2D eigenvalue weighted by Crippen LogP contribution is -2.10. The van der Waals surface area contributed by atoms with Crippen LogP contribution in [0.1, 0.15) is 0 Å². The summed E-state index contributed by atoms with van der Waals surface area (Å²) in [5, 5.41) is 0. The largest absolute Gasteiger partial charge is 0.514 e. The van der Waals surface area contributed by atoms with E-state index < -0.39 is 17.8 Å². The van der Waals surface area contributed by atoms with Gasteiger partial charge in [-0.1, -0.05) is 12.7 Å². The molecule has 0 spiro atoms. The molecule has 0 aromatic heterocycles. The molecule has 0 saturated heterocycles. The molecule has 80 valence electrons. The van der Waals surface area contributed by atoms with Crippen LogP contribution in [0, 0.1) is 11.6 Å². The van der Waals surface area contributed by atoms with Crippen LogP contribution in [0.5, 0.6) is 5.75 Å². The van der Waals surface area contributed by atoms with Crippen molar-refractivity contribution in [1.29, 1.82) is 0 Å². The first-order chi connectivity index (χ1) is 7.11. The van der Waals surface area contributed by atoms with Gasteiger partial charge in [0.1, 0.15) is 24.0 Å². The first-order valence-corrected chi connectivity index (χ1v) is 4.03. The van der Waals surface area contributed by atoms with E-state index in [1.807, 2.05) is 0 Å². The summed E-state index contributed by atoms with van der Waals surface area (Å²) in [6.07, 6.45) is 0.299. The van der Waals surface area contributed by atoms with Gasteiger partial charge in [0, 0.05) is 18.2 Å². The van der Waals surface area contributed by atoms with Crippen LogP contribution in [0.2, 0.25) is 0 Å². The Morgan fingerprint density at radius 3 is 2.47 bits per heavy atom. The third-order valence-corrected chi connectivity index (χ3v) is 1.36. The molecular weight excluding hydrogens is 206 g/mol. The molecule has 15 heavy (non-hydrogen) atoms. The maximum absolute atomic E-state index is 12.6. The summed E-state index contributed by atoms with van der Waals surface area (Å²) in [6.45, 7) is 3.28. The minimum atomic E-state index is -1.04. The summed E-state index contributed by atoms with van der Waals surface area (Å²) >= 11 is 0. The Morgan fingerprint density at radius 1 is 1.33 bits per heavy atom. The molecule has 0 radical (unpaired) electrons. The van der Waals surface area contributed by atoms with Crippen LogP contribution in [0.25, 0.3) is 0 Å². The molecule has 5 heteroatoms. The van der Waals surface area contributed by atoms with Crippen molar-refractivity contribution in [3.05, 3.63) is 42.5 Å². The van der Waals surface area contributed by atoms with Crippen LogP contribution in [0.15, 0.2) is 30.9 Å². The summed E-state index contributed by atoms with van der Waals surface area (Å²) in [5.41, 5.74) is 0. The second-order valence-corrected chi connectivity index (χ2v) is 2.56. The fourth-order valence-electron chi connectivity index (χ4n) is 0.840. The zero-order chi connectivity index (χ0) is 11.3. The standard InChI is InChI=1S/C10H8F2O3/c1-2-3-14-10(13)15-9-5-7(11)4-8(12)6-9/h2,4-6H,1,3H2. The van der Waals surface area contributed by atoms with E-state index in [0.717, 1.165) is 12.1 Å². The van der Waals surface area contributed by atoms with Gasteiger partial charge in [0.2, 0.25) is 0 Å². The summed E-state index contributed by atoms with van der Waals surface area (Å²) in [4.78, 5) is 10.9. The van der Waals surface area contributed by atoms with Gasteiger partial charge in [-0.25, -0.2) is 13.6 Å². The number of carbonyl (C=O) groups excluding carboxylic acids is 1. The average molecular weight is 214 g/mol. The second kappa shape index (κ2) is 5.09. The van der Waals surface area contributed by atoms with Crippen molar-refractivity contribution in [2.45, 2.75) is 0 Å². The maximum atomic E-state index is 12.6. The first-order valence-electron chi connectivity index (χ1n) is 4.03. The summed E-state index contributed by atoms with van der Waals surface area (Å²) in [5.74, 6) is -1.91.